The van der Waals surface area contributed by atoms with Crippen LogP contribution in [0.15, 0.2) is 12.4 Å². The van der Waals surface area contributed by atoms with Crippen molar-refractivity contribution in [3.63, 3.8) is 0 Å². The number of aromatic nitrogens is 2. The highest BCUT2D eigenvalue weighted by Crippen LogP contribution is 2.23. The van der Waals surface area contributed by atoms with E-state index in [1.54, 1.807) is 6.07 Å². The van der Waals surface area contributed by atoms with Crippen molar-refractivity contribution in [2.75, 3.05) is 24.6 Å². The zero-order chi connectivity index (χ0) is 13.0. The minimum Gasteiger partial charge on any atom is -0.481 e. The van der Waals surface area contributed by atoms with Gasteiger partial charge in [0.1, 0.15) is 12.1 Å². The summed E-state index contributed by atoms with van der Waals surface area (Å²) in [5.74, 6) is 0.211. The molecule has 1 N–H and O–H groups in total. The van der Waals surface area contributed by atoms with Gasteiger partial charge in [-0.15, -0.1) is 0 Å². The molecule has 2 rings (SSSR count). The van der Waals surface area contributed by atoms with E-state index < -0.39 is 5.97 Å². The van der Waals surface area contributed by atoms with Crippen LogP contribution in [0.2, 0.25) is 0 Å². The first-order valence-corrected chi connectivity index (χ1v) is 6.13. The molecule has 6 nitrogen and oxygen atoms in total. The second-order valence-corrected chi connectivity index (χ2v) is 4.27. The van der Waals surface area contributed by atoms with E-state index in [1.807, 2.05) is 11.8 Å². The minimum atomic E-state index is -0.737. The van der Waals surface area contributed by atoms with Crippen LogP contribution < -0.4 is 9.64 Å². The molecule has 0 aliphatic carbocycles. The highest BCUT2D eigenvalue weighted by atomic mass is 16.5. The molecule has 0 spiro atoms. The highest BCUT2D eigenvalue weighted by molar-refractivity contribution is 5.71. The lowest BCUT2D eigenvalue weighted by Crippen LogP contribution is -2.39. The third-order valence-electron chi connectivity index (χ3n) is 3.01. The van der Waals surface area contributed by atoms with Crippen molar-refractivity contribution >= 4 is 11.8 Å². The average molecular weight is 251 g/mol. The number of hydrogen-bond acceptors (Lipinski definition) is 5. The molecule has 0 bridgehead atoms. The van der Waals surface area contributed by atoms with Crippen molar-refractivity contribution in [3.05, 3.63) is 12.4 Å². The molecule has 6 heteroatoms. The van der Waals surface area contributed by atoms with Crippen LogP contribution >= 0.6 is 0 Å². The topological polar surface area (TPSA) is 75.5 Å². The molecule has 1 fully saturated rings. The predicted molar refractivity (Wildman–Crippen MR) is 65.8 cm³/mol. The van der Waals surface area contributed by atoms with E-state index in [2.05, 4.69) is 9.97 Å². The maximum absolute atomic E-state index is 11.0. The van der Waals surface area contributed by atoms with E-state index in [4.69, 9.17) is 9.84 Å². The molecule has 0 radical (unpaired) electrons. The standard InChI is InChI=1S/C12H17N3O3/c1-2-18-11-6-10(13-8-14-11)15-5-3-4-9(7-15)12(16)17/h6,8-9H,2-5,7H2,1H3,(H,16,17)/t9-/m0/s1. The van der Waals surface area contributed by atoms with Crippen molar-refractivity contribution in [1.82, 2.24) is 9.97 Å². The van der Waals surface area contributed by atoms with Crippen LogP contribution in [0.4, 0.5) is 5.82 Å². The largest absolute Gasteiger partial charge is 0.481 e. The van der Waals surface area contributed by atoms with Crippen molar-refractivity contribution in [3.8, 4) is 5.88 Å². The number of carboxylic acids is 1. The third kappa shape index (κ3) is 2.88. The molecular weight excluding hydrogens is 234 g/mol. The van der Waals surface area contributed by atoms with Crippen LogP contribution in [0.5, 0.6) is 5.88 Å². The van der Waals surface area contributed by atoms with Crippen LogP contribution in [0.1, 0.15) is 19.8 Å². The first-order chi connectivity index (χ1) is 8.70. The molecule has 0 saturated carbocycles. The van der Waals surface area contributed by atoms with Crippen molar-refractivity contribution in [1.29, 1.82) is 0 Å². The maximum Gasteiger partial charge on any atom is 0.308 e. The van der Waals surface area contributed by atoms with Crippen LogP contribution in [-0.4, -0.2) is 40.7 Å². The SMILES string of the molecule is CCOc1cc(N2CCC[C@H](C(=O)O)C2)ncn1. The fourth-order valence-corrected chi connectivity index (χ4v) is 2.12. The summed E-state index contributed by atoms with van der Waals surface area (Å²) in [6, 6.07) is 1.76. The number of nitrogens with zero attached hydrogens (tertiary/aromatic N) is 3. The Balaban J connectivity index is 2.10. The Kier molecular flexibility index (Phi) is 3.96. The number of ether oxygens (including phenoxy) is 1. The lowest BCUT2D eigenvalue weighted by molar-refractivity contribution is -0.141. The summed E-state index contributed by atoms with van der Waals surface area (Å²) < 4.78 is 5.32. The molecule has 1 aromatic heterocycles. The van der Waals surface area contributed by atoms with Crippen LogP contribution in [0, 0.1) is 5.92 Å². The summed E-state index contributed by atoms with van der Waals surface area (Å²) in [5.41, 5.74) is 0. The molecule has 1 aliphatic heterocycles. The van der Waals surface area contributed by atoms with Crippen LogP contribution in [0.3, 0.4) is 0 Å². The number of carboxylic acid groups (broad SMARTS) is 1. The van der Waals surface area contributed by atoms with Gasteiger partial charge in [-0.1, -0.05) is 0 Å². The van der Waals surface area contributed by atoms with Gasteiger partial charge in [0.05, 0.1) is 12.5 Å². The smallest absolute Gasteiger partial charge is 0.308 e. The fraction of sp³-hybridized carbons (Fsp3) is 0.583. The van der Waals surface area contributed by atoms with E-state index in [0.29, 0.717) is 19.0 Å². The van der Waals surface area contributed by atoms with Gasteiger partial charge in [0.15, 0.2) is 0 Å². The van der Waals surface area contributed by atoms with Crippen molar-refractivity contribution in [2.24, 2.45) is 5.92 Å². The van der Waals surface area contributed by atoms with Gasteiger partial charge in [-0.2, -0.15) is 0 Å². The Bertz CT molecular complexity index is 425. The van der Waals surface area contributed by atoms with Gasteiger partial charge in [0, 0.05) is 19.2 Å². The van der Waals surface area contributed by atoms with Gasteiger partial charge in [-0.3, -0.25) is 4.79 Å². The van der Waals surface area contributed by atoms with Crippen LogP contribution in [0.25, 0.3) is 0 Å². The van der Waals surface area contributed by atoms with E-state index in [-0.39, 0.29) is 5.92 Å². The number of aliphatic carboxylic acids is 1. The monoisotopic (exact) mass is 251 g/mol. The predicted octanol–water partition coefficient (Wildman–Crippen LogP) is 1.18. The normalized spacial score (nSPS) is 19.6. The quantitative estimate of drug-likeness (QED) is 0.866. The van der Waals surface area contributed by atoms with E-state index in [1.165, 1.54) is 6.33 Å². The van der Waals surface area contributed by atoms with Gasteiger partial charge in [-0.05, 0) is 19.8 Å². The van der Waals surface area contributed by atoms with E-state index in [0.717, 1.165) is 25.2 Å². The average Bonchev–Trinajstić information content (AvgIpc) is 2.39. The van der Waals surface area contributed by atoms with E-state index in [9.17, 15) is 4.79 Å². The maximum atomic E-state index is 11.0. The lowest BCUT2D eigenvalue weighted by Gasteiger charge is -2.31. The third-order valence-corrected chi connectivity index (χ3v) is 3.01. The number of hydrogen-bond donors (Lipinski definition) is 1. The summed E-state index contributed by atoms with van der Waals surface area (Å²) in [6.45, 7) is 3.77. The molecular formula is C12H17N3O3. The van der Waals surface area contributed by atoms with Gasteiger partial charge >= 0.3 is 5.97 Å². The van der Waals surface area contributed by atoms with Crippen molar-refractivity contribution in [2.45, 2.75) is 19.8 Å². The number of anilines is 1. The first kappa shape index (κ1) is 12.6. The molecule has 1 aromatic rings. The molecule has 2 heterocycles. The molecule has 0 aromatic carbocycles. The first-order valence-electron chi connectivity index (χ1n) is 6.13. The molecule has 18 heavy (non-hydrogen) atoms. The Morgan fingerprint density at radius 1 is 1.61 bits per heavy atom. The van der Waals surface area contributed by atoms with Gasteiger partial charge in [0.2, 0.25) is 5.88 Å². The number of piperidine rings is 1. The number of rotatable bonds is 4. The van der Waals surface area contributed by atoms with Crippen LogP contribution in [-0.2, 0) is 4.79 Å². The molecule has 1 atom stereocenters. The van der Waals surface area contributed by atoms with Crippen molar-refractivity contribution < 1.29 is 14.6 Å². The summed E-state index contributed by atoms with van der Waals surface area (Å²) in [4.78, 5) is 21.2. The Hall–Kier alpha value is -1.85. The zero-order valence-corrected chi connectivity index (χ0v) is 10.4. The molecule has 0 unspecified atom stereocenters. The summed E-state index contributed by atoms with van der Waals surface area (Å²) >= 11 is 0. The fourth-order valence-electron chi connectivity index (χ4n) is 2.12. The molecule has 1 saturated heterocycles. The minimum absolute atomic E-state index is 0.316. The second kappa shape index (κ2) is 5.66. The highest BCUT2D eigenvalue weighted by Gasteiger charge is 2.26. The molecule has 98 valence electrons. The zero-order valence-electron chi connectivity index (χ0n) is 10.4. The Labute approximate surface area is 106 Å². The lowest BCUT2D eigenvalue weighted by atomic mass is 9.98. The Morgan fingerprint density at radius 2 is 2.44 bits per heavy atom. The summed E-state index contributed by atoms with van der Waals surface area (Å²) in [5, 5.41) is 9.06. The summed E-state index contributed by atoms with van der Waals surface area (Å²) in [7, 11) is 0. The molecule has 0 amide bonds. The second-order valence-electron chi connectivity index (χ2n) is 4.27. The number of carbonyl (C=O) groups is 1. The van der Waals surface area contributed by atoms with Gasteiger partial charge < -0.3 is 14.7 Å². The van der Waals surface area contributed by atoms with E-state index >= 15 is 0 Å². The van der Waals surface area contributed by atoms with Gasteiger partial charge in [0.25, 0.3) is 0 Å². The molecule has 1 aliphatic rings. The Morgan fingerprint density at radius 3 is 3.17 bits per heavy atom. The van der Waals surface area contributed by atoms with Gasteiger partial charge in [-0.25, -0.2) is 9.97 Å². The summed E-state index contributed by atoms with van der Waals surface area (Å²) in [6.07, 6.45) is 3.05.